The molecule has 6 heteroatoms. The van der Waals surface area contributed by atoms with E-state index in [0.29, 0.717) is 12.2 Å². The van der Waals surface area contributed by atoms with Crippen molar-refractivity contribution in [1.29, 1.82) is 0 Å². The molecule has 0 atom stereocenters. The Morgan fingerprint density at radius 3 is 2.50 bits per heavy atom. The van der Waals surface area contributed by atoms with Crippen molar-refractivity contribution in [2.45, 2.75) is 26.2 Å². The maximum atomic E-state index is 11.9. The summed E-state index contributed by atoms with van der Waals surface area (Å²) in [6.07, 6.45) is 3.34. The molecule has 2 rings (SSSR count). The molecule has 2 N–H and O–H groups in total. The Morgan fingerprint density at radius 1 is 1.12 bits per heavy atom. The minimum atomic E-state index is -0.627. The molecule has 0 bridgehead atoms. The molecule has 2 amide bonds. The summed E-state index contributed by atoms with van der Waals surface area (Å²) in [5, 5.41) is 5.28. The first-order chi connectivity index (χ1) is 11.7. The summed E-state index contributed by atoms with van der Waals surface area (Å²) in [7, 11) is 0. The largest absolute Gasteiger partial charge is 0.379 e. The van der Waals surface area contributed by atoms with Crippen LogP contribution in [0.1, 0.15) is 25.3 Å². The number of hydrogen-bond acceptors (Lipinski definition) is 4. The Bertz CT molecular complexity index is 525. The third-order valence-electron chi connectivity index (χ3n) is 4.05. The minimum absolute atomic E-state index is 0.461. The standard InChI is InChI=1S/C18H27N3O3/c1-2-3-4-15-5-7-16(8-6-15)20-18(23)17(22)19-9-10-21-11-13-24-14-12-21/h5-8H,2-4,9-14H2,1H3,(H,19,22)(H,20,23). The van der Waals surface area contributed by atoms with E-state index >= 15 is 0 Å². The highest BCUT2D eigenvalue weighted by Gasteiger charge is 2.15. The molecule has 0 aromatic heterocycles. The summed E-state index contributed by atoms with van der Waals surface area (Å²) in [6, 6.07) is 7.65. The number of morpholine rings is 1. The third kappa shape index (κ3) is 6.29. The fraction of sp³-hybridized carbons (Fsp3) is 0.556. The number of amides is 2. The molecule has 1 aliphatic heterocycles. The van der Waals surface area contributed by atoms with Crippen molar-refractivity contribution in [3.05, 3.63) is 29.8 Å². The van der Waals surface area contributed by atoms with Gasteiger partial charge < -0.3 is 15.4 Å². The Morgan fingerprint density at radius 2 is 1.83 bits per heavy atom. The highest BCUT2D eigenvalue weighted by molar-refractivity contribution is 6.39. The first-order valence-corrected chi connectivity index (χ1v) is 8.67. The van der Waals surface area contributed by atoms with Crippen LogP contribution in [0.3, 0.4) is 0 Å². The Kier molecular flexibility index (Phi) is 7.71. The van der Waals surface area contributed by atoms with Crippen molar-refractivity contribution >= 4 is 17.5 Å². The summed E-state index contributed by atoms with van der Waals surface area (Å²) >= 11 is 0. The van der Waals surface area contributed by atoms with E-state index in [0.717, 1.165) is 52.1 Å². The van der Waals surface area contributed by atoms with E-state index in [-0.39, 0.29) is 0 Å². The van der Waals surface area contributed by atoms with Gasteiger partial charge in [0.2, 0.25) is 0 Å². The van der Waals surface area contributed by atoms with Gasteiger partial charge in [0.05, 0.1) is 13.2 Å². The molecule has 1 fully saturated rings. The number of hydrogen-bond donors (Lipinski definition) is 2. The third-order valence-corrected chi connectivity index (χ3v) is 4.05. The number of benzene rings is 1. The average Bonchev–Trinajstić information content (AvgIpc) is 2.62. The van der Waals surface area contributed by atoms with Crippen molar-refractivity contribution < 1.29 is 14.3 Å². The van der Waals surface area contributed by atoms with Gasteiger partial charge in [0.25, 0.3) is 0 Å². The lowest BCUT2D eigenvalue weighted by molar-refractivity contribution is -0.136. The number of anilines is 1. The maximum Gasteiger partial charge on any atom is 0.313 e. The van der Waals surface area contributed by atoms with Crippen molar-refractivity contribution in [1.82, 2.24) is 10.2 Å². The van der Waals surface area contributed by atoms with Gasteiger partial charge in [0.15, 0.2) is 0 Å². The predicted molar refractivity (Wildman–Crippen MR) is 94.0 cm³/mol. The molecular formula is C18H27N3O3. The predicted octanol–water partition coefficient (Wildman–Crippen LogP) is 1.42. The fourth-order valence-corrected chi connectivity index (χ4v) is 2.56. The van der Waals surface area contributed by atoms with Gasteiger partial charge in [0.1, 0.15) is 0 Å². The molecule has 1 aromatic carbocycles. The van der Waals surface area contributed by atoms with Crippen molar-refractivity contribution in [3.63, 3.8) is 0 Å². The number of rotatable bonds is 7. The molecule has 1 aromatic rings. The van der Waals surface area contributed by atoms with E-state index in [9.17, 15) is 9.59 Å². The van der Waals surface area contributed by atoms with Crippen LogP contribution in [0.2, 0.25) is 0 Å². The van der Waals surface area contributed by atoms with Gasteiger partial charge in [-0.05, 0) is 30.5 Å². The van der Waals surface area contributed by atoms with Crippen LogP contribution in [0.25, 0.3) is 0 Å². The first-order valence-electron chi connectivity index (χ1n) is 8.67. The zero-order valence-corrected chi connectivity index (χ0v) is 14.3. The van der Waals surface area contributed by atoms with E-state index in [2.05, 4.69) is 22.5 Å². The van der Waals surface area contributed by atoms with Crippen LogP contribution in [0.15, 0.2) is 24.3 Å². The topological polar surface area (TPSA) is 70.7 Å². The summed E-state index contributed by atoms with van der Waals surface area (Å²) < 4.78 is 5.27. The van der Waals surface area contributed by atoms with Gasteiger partial charge >= 0.3 is 11.8 Å². The fourth-order valence-electron chi connectivity index (χ4n) is 2.56. The Balaban J connectivity index is 1.69. The molecule has 0 saturated carbocycles. The molecule has 0 radical (unpaired) electrons. The van der Waals surface area contributed by atoms with E-state index < -0.39 is 11.8 Å². The van der Waals surface area contributed by atoms with Gasteiger partial charge in [-0.3, -0.25) is 14.5 Å². The van der Waals surface area contributed by atoms with E-state index in [1.54, 1.807) is 0 Å². The molecule has 0 aliphatic carbocycles. The number of carbonyl (C=O) groups is 2. The molecular weight excluding hydrogens is 306 g/mol. The summed E-state index contributed by atoms with van der Waals surface area (Å²) in [5.41, 5.74) is 1.88. The monoisotopic (exact) mass is 333 g/mol. The molecule has 6 nitrogen and oxygen atoms in total. The van der Waals surface area contributed by atoms with Crippen LogP contribution in [0, 0.1) is 0 Å². The lowest BCUT2D eigenvalue weighted by Crippen LogP contribution is -2.43. The number of ether oxygens (including phenoxy) is 1. The smallest absolute Gasteiger partial charge is 0.313 e. The molecule has 0 unspecified atom stereocenters. The highest BCUT2D eigenvalue weighted by atomic mass is 16.5. The second-order valence-electron chi connectivity index (χ2n) is 5.96. The summed E-state index contributed by atoms with van der Waals surface area (Å²) in [5.74, 6) is -1.23. The quantitative estimate of drug-likeness (QED) is 0.740. The molecule has 24 heavy (non-hydrogen) atoms. The Hall–Kier alpha value is -1.92. The lowest BCUT2D eigenvalue weighted by Gasteiger charge is -2.26. The molecule has 132 valence electrons. The van der Waals surface area contributed by atoms with Crippen LogP contribution >= 0.6 is 0 Å². The van der Waals surface area contributed by atoms with Gasteiger partial charge in [-0.15, -0.1) is 0 Å². The zero-order valence-electron chi connectivity index (χ0n) is 14.3. The second kappa shape index (κ2) is 10.1. The number of carbonyl (C=O) groups excluding carboxylic acids is 2. The highest BCUT2D eigenvalue weighted by Crippen LogP contribution is 2.11. The minimum Gasteiger partial charge on any atom is -0.379 e. The lowest BCUT2D eigenvalue weighted by atomic mass is 10.1. The van der Waals surface area contributed by atoms with Crippen molar-refractivity contribution in [3.8, 4) is 0 Å². The van der Waals surface area contributed by atoms with E-state index in [1.807, 2.05) is 24.3 Å². The summed E-state index contributed by atoms with van der Waals surface area (Å²) in [6.45, 7) is 6.53. The van der Waals surface area contributed by atoms with Gasteiger partial charge in [0, 0.05) is 31.9 Å². The van der Waals surface area contributed by atoms with Gasteiger partial charge in [-0.1, -0.05) is 25.5 Å². The van der Waals surface area contributed by atoms with Crippen LogP contribution in [-0.2, 0) is 20.7 Å². The number of unbranched alkanes of at least 4 members (excludes halogenated alkanes) is 1. The summed E-state index contributed by atoms with van der Waals surface area (Å²) in [4.78, 5) is 25.9. The van der Waals surface area contributed by atoms with Crippen molar-refractivity contribution in [2.24, 2.45) is 0 Å². The molecule has 1 saturated heterocycles. The van der Waals surface area contributed by atoms with Crippen molar-refractivity contribution in [2.75, 3.05) is 44.7 Å². The molecule has 1 heterocycles. The maximum absolute atomic E-state index is 11.9. The van der Waals surface area contributed by atoms with Crippen LogP contribution in [-0.4, -0.2) is 56.1 Å². The first kappa shape index (κ1) is 18.4. The van der Waals surface area contributed by atoms with E-state index in [1.165, 1.54) is 5.56 Å². The number of nitrogens with one attached hydrogen (secondary N) is 2. The number of nitrogens with zero attached hydrogens (tertiary/aromatic N) is 1. The normalized spacial score (nSPS) is 15.0. The van der Waals surface area contributed by atoms with E-state index in [4.69, 9.17) is 4.74 Å². The van der Waals surface area contributed by atoms with Gasteiger partial charge in [-0.25, -0.2) is 0 Å². The Labute approximate surface area is 143 Å². The SMILES string of the molecule is CCCCc1ccc(NC(=O)C(=O)NCCN2CCOCC2)cc1. The van der Waals surface area contributed by atoms with Crippen LogP contribution < -0.4 is 10.6 Å². The molecule has 0 spiro atoms. The molecule has 1 aliphatic rings. The average molecular weight is 333 g/mol. The zero-order chi connectivity index (χ0) is 17.2. The van der Waals surface area contributed by atoms with Crippen LogP contribution in [0.4, 0.5) is 5.69 Å². The van der Waals surface area contributed by atoms with Gasteiger partial charge in [-0.2, -0.15) is 0 Å². The second-order valence-corrected chi connectivity index (χ2v) is 5.96. The number of aryl methyl sites for hydroxylation is 1. The van der Waals surface area contributed by atoms with Crippen LogP contribution in [0.5, 0.6) is 0 Å².